The highest BCUT2D eigenvalue weighted by molar-refractivity contribution is 6.30. The minimum atomic E-state index is 0.722. The highest BCUT2D eigenvalue weighted by Gasteiger charge is 2.13. The molecule has 1 aliphatic rings. The van der Waals surface area contributed by atoms with Crippen molar-refractivity contribution >= 4 is 17.5 Å². The maximum atomic E-state index is 6.02. The Balaban J connectivity index is 1.91. The Morgan fingerprint density at radius 1 is 1.16 bits per heavy atom. The highest BCUT2D eigenvalue weighted by Crippen LogP contribution is 2.22. The summed E-state index contributed by atoms with van der Waals surface area (Å²) >= 11 is 6.02. The highest BCUT2D eigenvalue weighted by atomic mass is 35.5. The second kappa shape index (κ2) is 5.55. The molecular formula is C14H15ClN4. The van der Waals surface area contributed by atoms with E-state index in [2.05, 4.69) is 20.2 Å². The fourth-order valence-electron chi connectivity index (χ4n) is 2.17. The van der Waals surface area contributed by atoms with E-state index in [0.29, 0.717) is 0 Å². The van der Waals surface area contributed by atoms with Gasteiger partial charge < -0.3 is 10.2 Å². The molecule has 0 bridgehead atoms. The van der Waals surface area contributed by atoms with E-state index in [1.165, 1.54) is 0 Å². The van der Waals surface area contributed by atoms with E-state index in [1.54, 1.807) is 6.20 Å². The molecule has 0 unspecified atom stereocenters. The van der Waals surface area contributed by atoms with Crippen LogP contribution in [0.2, 0.25) is 5.02 Å². The topological polar surface area (TPSA) is 41.1 Å². The summed E-state index contributed by atoms with van der Waals surface area (Å²) in [4.78, 5) is 11.2. The van der Waals surface area contributed by atoms with E-state index >= 15 is 0 Å². The quantitative estimate of drug-likeness (QED) is 0.912. The first kappa shape index (κ1) is 12.4. The summed E-state index contributed by atoms with van der Waals surface area (Å²) in [6, 6.07) is 9.65. The van der Waals surface area contributed by atoms with E-state index in [0.717, 1.165) is 48.4 Å². The van der Waals surface area contributed by atoms with Gasteiger partial charge in [0.15, 0.2) is 0 Å². The Bertz CT molecular complexity index is 567. The number of hydrogen-bond donors (Lipinski definition) is 1. The van der Waals surface area contributed by atoms with Crippen LogP contribution in [0.5, 0.6) is 0 Å². The molecule has 0 aliphatic carbocycles. The zero-order chi connectivity index (χ0) is 13.1. The molecule has 19 heavy (non-hydrogen) atoms. The van der Waals surface area contributed by atoms with Crippen molar-refractivity contribution in [2.24, 2.45) is 0 Å². The van der Waals surface area contributed by atoms with Crippen LogP contribution in [0.25, 0.3) is 11.3 Å². The first-order valence-corrected chi connectivity index (χ1v) is 6.75. The zero-order valence-electron chi connectivity index (χ0n) is 10.5. The van der Waals surface area contributed by atoms with Crippen LogP contribution in [0.3, 0.4) is 0 Å². The van der Waals surface area contributed by atoms with Crippen molar-refractivity contribution < 1.29 is 0 Å². The van der Waals surface area contributed by atoms with Gasteiger partial charge >= 0.3 is 0 Å². The smallest absolute Gasteiger partial charge is 0.225 e. The molecule has 0 amide bonds. The molecule has 0 spiro atoms. The summed E-state index contributed by atoms with van der Waals surface area (Å²) in [7, 11) is 0. The van der Waals surface area contributed by atoms with E-state index in [4.69, 9.17) is 11.6 Å². The average Bonchev–Trinajstić information content (AvgIpc) is 2.48. The summed E-state index contributed by atoms with van der Waals surface area (Å²) in [5, 5.41) is 4.05. The van der Waals surface area contributed by atoms with Crippen molar-refractivity contribution in [3.63, 3.8) is 0 Å². The number of piperazine rings is 1. The third kappa shape index (κ3) is 2.85. The van der Waals surface area contributed by atoms with Crippen LogP contribution in [0.1, 0.15) is 0 Å². The lowest BCUT2D eigenvalue weighted by molar-refractivity contribution is 0.580. The number of anilines is 1. The van der Waals surface area contributed by atoms with Crippen molar-refractivity contribution in [1.82, 2.24) is 15.3 Å². The SMILES string of the molecule is Clc1cccc(-c2ccnc(N3CCNCC3)n2)c1. The first-order valence-electron chi connectivity index (χ1n) is 6.37. The molecule has 1 saturated heterocycles. The van der Waals surface area contributed by atoms with Gasteiger partial charge in [-0.05, 0) is 18.2 Å². The predicted molar refractivity (Wildman–Crippen MR) is 77.6 cm³/mol. The lowest BCUT2D eigenvalue weighted by Crippen LogP contribution is -2.44. The Kier molecular flexibility index (Phi) is 3.62. The van der Waals surface area contributed by atoms with Gasteiger partial charge in [-0.15, -0.1) is 0 Å². The molecule has 1 aromatic heterocycles. The molecular weight excluding hydrogens is 260 g/mol. The summed E-state index contributed by atoms with van der Waals surface area (Å²) in [6.45, 7) is 3.84. The van der Waals surface area contributed by atoms with Crippen molar-refractivity contribution in [2.45, 2.75) is 0 Å². The predicted octanol–water partition coefficient (Wildman–Crippen LogP) is 2.21. The maximum absolute atomic E-state index is 6.02. The molecule has 4 nitrogen and oxygen atoms in total. The maximum Gasteiger partial charge on any atom is 0.225 e. The van der Waals surface area contributed by atoms with Gasteiger partial charge in [0.05, 0.1) is 5.69 Å². The number of nitrogens with zero attached hydrogens (tertiary/aromatic N) is 3. The molecule has 2 aromatic rings. The molecule has 1 fully saturated rings. The summed E-state index contributed by atoms with van der Waals surface area (Å²) < 4.78 is 0. The number of aromatic nitrogens is 2. The van der Waals surface area contributed by atoms with Gasteiger partial charge in [0, 0.05) is 43.0 Å². The normalized spacial score (nSPS) is 15.5. The molecule has 2 heterocycles. The fourth-order valence-corrected chi connectivity index (χ4v) is 2.36. The standard InChI is InChI=1S/C14H15ClN4/c15-12-3-1-2-11(10-12)13-4-5-17-14(18-13)19-8-6-16-7-9-19/h1-5,10,16H,6-9H2. The summed E-state index contributed by atoms with van der Waals surface area (Å²) in [5.41, 5.74) is 1.93. The Labute approximate surface area is 117 Å². The molecule has 1 aliphatic heterocycles. The minimum Gasteiger partial charge on any atom is -0.338 e. The number of halogens is 1. The third-order valence-corrected chi connectivity index (χ3v) is 3.40. The van der Waals surface area contributed by atoms with Crippen molar-refractivity contribution in [1.29, 1.82) is 0 Å². The van der Waals surface area contributed by atoms with E-state index in [-0.39, 0.29) is 0 Å². The molecule has 1 N–H and O–H groups in total. The number of rotatable bonds is 2. The number of hydrogen-bond acceptors (Lipinski definition) is 4. The van der Waals surface area contributed by atoms with E-state index in [1.807, 2.05) is 30.3 Å². The summed E-state index contributed by atoms with van der Waals surface area (Å²) in [5.74, 6) is 0.791. The number of benzene rings is 1. The Morgan fingerprint density at radius 2 is 2.00 bits per heavy atom. The molecule has 0 radical (unpaired) electrons. The lowest BCUT2D eigenvalue weighted by Gasteiger charge is -2.27. The molecule has 0 saturated carbocycles. The van der Waals surface area contributed by atoms with Crippen molar-refractivity contribution in [3.05, 3.63) is 41.6 Å². The van der Waals surface area contributed by atoms with Gasteiger partial charge in [0.25, 0.3) is 0 Å². The first-order chi connectivity index (χ1) is 9.33. The van der Waals surface area contributed by atoms with Gasteiger partial charge in [-0.2, -0.15) is 0 Å². The second-order valence-electron chi connectivity index (χ2n) is 4.49. The van der Waals surface area contributed by atoms with Crippen LogP contribution in [-0.2, 0) is 0 Å². The van der Waals surface area contributed by atoms with Gasteiger partial charge in [0.2, 0.25) is 5.95 Å². The van der Waals surface area contributed by atoms with Crippen molar-refractivity contribution in [3.8, 4) is 11.3 Å². The molecule has 98 valence electrons. The monoisotopic (exact) mass is 274 g/mol. The largest absolute Gasteiger partial charge is 0.338 e. The summed E-state index contributed by atoms with van der Waals surface area (Å²) in [6.07, 6.45) is 1.81. The zero-order valence-corrected chi connectivity index (χ0v) is 11.3. The lowest BCUT2D eigenvalue weighted by atomic mass is 10.1. The van der Waals surface area contributed by atoms with Crippen LogP contribution in [-0.4, -0.2) is 36.1 Å². The Hall–Kier alpha value is -1.65. The van der Waals surface area contributed by atoms with E-state index in [9.17, 15) is 0 Å². The molecule has 0 atom stereocenters. The van der Waals surface area contributed by atoms with Gasteiger partial charge in [-0.3, -0.25) is 0 Å². The van der Waals surface area contributed by atoms with Gasteiger partial charge in [-0.1, -0.05) is 23.7 Å². The second-order valence-corrected chi connectivity index (χ2v) is 4.93. The van der Waals surface area contributed by atoms with Crippen molar-refractivity contribution in [2.75, 3.05) is 31.1 Å². The third-order valence-electron chi connectivity index (χ3n) is 3.16. The van der Waals surface area contributed by atoms with Crippen LogP contribution >= 0.6 is 11.6 Å². The van der Waals surface area contributed by atoms with Gasteiger partial charge in [-0.25, -0.2) is 9.97 Å². The molecule has 3 rings (SSSR count). The van der Waals surface area contributed by atoms with Crippen LogP contribution in [0.4, 0.5) is 5.95 Å². The Morgan fingerprint density at radius 3 is 2.79 bits per heavy atom. The fraction of sp³-hybridized carbons (Fsp3) is 0.286. The van der Waals surface area contributed by atoms with Crippen LogP contribution in [0, 0.1) is 0 Å². The minimum absolute atomic E-state index is 0.722. The van der Waals surface area contributed by atoms with Gasteiger partial charge in [0.1, 0.15) is 0 Å². The van der Waals surface area contributed by atoms with Crippen LogP contribution in [0.15, 0.2) is 36.5 Å². The molecule has 1 aromatic carbocycles. The average molecular weight is 275 g/mol. The number of nitrogens with one attached hydrogen (secondary N) is 1. The van der Waals surface area contributed by atoms with E-state index < -0.39 is 0 Å². The molecule has 5 heteroatoms. The van der Waals surface area contributed by atoms with Crippen LogP contribution < -0.4 is 10.2 Å².